The Labute approximate surface area is 172 Å². The monoisotopic (exact) mass is 404 g/mol. The first kappa shape index (κ1) is 22.7. The second kappa shape index (κ2) is 10.8. The van der Waals surface area contributed by atoms with Gasteiger partial charge >= 0.3 is 6.09 Å². The molecule has 8 heteroatoms. The maximum atomic E-state index is 12.7. The minimum Gasteiger partial charge on any atom is -0.453 e. The van der Waals surface area contributed by atoms with Crippen molar-refractivity contribution in [1.29, 1.82) is 0 Å². The van der Waals surface area contributed by atoms with Crippen molar-refractivity contribution >= 4 is 23.6 Å². The lowest BCUT2D eigenvalue weighted by atomic mass is 9.96. The lowest BCUT2D eigenvalue weighted by Gasteiger charge is -2.30. The lowest BCUT2D eigenvalue weighted by molar-refractivity contribution is -0.123. The van der Waals surface area contributed by atoms with E-state index in [0.29, 0.717) is 12.1 Å². The molecule has 1 heterocycles. The first-order valence-electron chi connectivity index (χ1n) is 10.0. The Morgan fingerprint density at radius 2 is 1.93 bits per heavy atom. The lowest BCUT2D eigenvalue weighted by Crippen LogP contribution is -2.44. The molecule has 0 radical (unpaired) electrons. The Hall–Kier alpha value is -2.61. The van der Waals surface area contributed by atoms with Gasteiger partial charge in [-0.15, -0.1) is 0 Å². The van der Waals surface area contributed by atoms with Crippen LogP contribution in [0, 0.1) is 11.8 Å². The van der Waals surface area contributed by atoms with E-state index in [9.17, 15) is 14.4 Å². The summed E-state index contributed by atoms with van der Waals surface area (Å²) in [5.74, 6) is -0.288. The molecular weight excluding hydrogens is 372 g/mol. The van der Waals surface area contributed by atoms with E-state index in [1.165, 1.54) is 7.11 Å². The second-order valence-corrected chi connectivity index (χ2v) is 7.96. The summed E-state index contributed by atoms with van der Waals surface area (Å²) in [5, 5.41) is 5.48. The van der Waals surface area contributed by atoms with E-state index >= 15 is 0 Å². The Morgan fingerprint density at radius 1 is 1.24 bits per heavy atom. The number of alkyl carbamates (subject to hydrolysis) is 1. The molecule has 1 aromatic rings. The first-order chi connectivity index (χ1) is 13.8. The predicted octanol–water partition coefficient (Wildman–Crippen LogP) is 2.09. The number of nitrogens with zero attached hydrogens (tertiary/aromatic N) is 1. The van der Waals surface area contributed by atoms with E-state index < -0.39 is 12.1 Å². The predicted molar refractivity (Wildman–Crippen MR) is 111 cm³/mol. The molecule has 8 nitrogen and oxygen atoms in total. The maximum absolute atomic E-state index is 12.7. The number of benzene rings is 1. The number of nitrogens with two attached hydrogens (primary N) is 1. The summed E-state index contributed by atoms with van der Waals surface area (Å²) < 4.78 is 4.62. The van der Waals surface area contributed by atoms with Gasteiger partial charge in [-0.1, -0.05) is 26.0 Å². The van der Waals surface area contributed by atoms with Gasteiger partial charge in [0.05, 0.1) is 7.11 Å². The second-order valence-electron chi connectivity index (χ2n) is 7.96. The van der Waals surface area contributed by atoms with Crippen LogP contribution in [0.5, 0.6) is 0 Å². The molecule has 1 unspecified atom stereocenters. The van der Waals surface area contributed by atoms with Crippen molar-refractivity contribution in [3.63, 3.8) is 0 Å². The Bertz CT molecular complexity index is 714. The SMILES string of the molecule is COC(=O)NC(CC(C)C)C(=O)Nc1cccc(CN2CCC(C(N)=O)CC2)c1. The van der Waals surface area contributed by atoms with Gasteiger partial charge in [-0.2, -0.15) is 0 Å². The van der Waals surface area contributed by atoms with Crippen LogP contribution >= 0.6 is 0 Å². The van der Waals surface area contributed by atoms with Crippen LogP contribution in [0.1, 0.15) is 38.7 Å². The molecule has 0 bridgehead atoms. The molecule has 0 spiro atoms. The van der Waals surface area contributed by atoms with Crippen molar-refractivity contribution in [2.75, 3.05) is 25.5 Å². The Balaban J connectivity index is 1.96. The van der Waals surface area contributed by atoms with Gasteiger partial charge < -0.3 is 21.1 Å². The fourth-order valence-electron chi connectivity index (χ4n) is 3.51. The van der Waals surface area contributed by atoms with E-state index in [0.717, 1.165) is 38.0 Å². The number of rotatable bonds is 8. The molecule has 1 aliphatic rings. The number of ether oxygens (including phenoxy) is 1. The standard InChI is InChI=1S/C21H32N4O4/c1-14(2)11-18(24-21(28)29-3)20(27)23-17-6-4-5-15(12-17)13-25-9-7-16(8-10-25)19(22)26/h4-6,12,14,16,18H,7-11,13H2,1-3H3,(H2,22,26)(H,23,27)(H,24,28). The summed E-state index contributed by atoms with van der Waals surface area (Å²) in [6.45, 7) is 6.36. The molecule has 0 saturated carbocycles. The average molecular weight is 405 g/mol. The van der Waals surface area contributed by atoms with Gasteiger partial charge in [0.25, 0.3) is 0 Å². The average Bonchev–Trinajstić information content (AvgIpc) is 2.67. The zero-order chi connectivity index (χ0) is 21.4. The van der Waals surface area contributed by atoms with Crippen LogP contribution < -0.4 is 16.4 Å². The molecule has 3 amide bonds. The van der Waals surface area contributed by atoms with Crippen LogP contribution in [0.25, 0.3) is 0 Å². The normalized spacial score (nSPS) is 16.3. The van der Waals surface area contributed by atoms with E-state index in [2.05, 4.69) is 20.3 Å². The summed E-state index contributed by atoms with van der Waals surface area (Å²) in [4.78, 5) is 37.8. The van der Waals surface area contributed by atoms with Crippen LogP contribution in [0.2, 0.25) is 0 Å². The molecule has 160 valence electrons. The number of anilines is 1. The molecule has 0 aromatic heterocycles. The number of hydrogen-bond acceptors (Lipinski definition) is 5. The number of methoxy groups -OCH3 is 1. The number of carbonyl (C=O) groups excluding carboxylic acids is 3. The topological polar surface area (TPSA) is 114 Å². The van der Waals surface area contributed by atoms with Crippen LogP contribution in [0.3, 0.4) is 0 Å². The number of primary amides is 1. The van der Waals surface area contributed by atoms with E-state index in [1.54, 1.807) is 0 Å². The number of carbonyl (C=O) groups is 3. The highest BCUT2D eigenvalue weighted by Crippen LogP contribution is 2.20. The van der Waals surface area contributed by atoms with E-state index in [4.69, 9.17) is 5.73 Å². The largest absolute Gasteiger partial charge is 0.453 e. The van der Waals surface area contributed by atoms with Crippen LogP contribution in [0.15, 0.2) is 24.3 Å². The molecule has 1 fully saturated rings. The molecule has 4 N–H and O–H groups in total. The molecule has 0 aliphatic carbocycles. The highest BCUT2D eigenvalue weighted by Gasteiger charge is 2.24. The highest BCUT2D eigenvalue weighted by molar-refractivity contribution is 5.96. The van der Waals surface area contributed by atoms with Gasteiger partial charge in [0.15, 0.2) is 0 Å². The summed E-state index contributed by atoms with van der Waals surface area (Å²) >= 11 is 0. The molecule has 1 atom stereocenters. The van der Waals surface area contributed by atoms with Crippen LogP contribution in [-0.2, 0) is 20.9 Å². The number of hydrogen-bond donors (Lipinski definition) is 3. The van der Waals surface area contributed by atoms with Crippen molar-refractivity contribution < 1.29 is 19.1 Å². The molecule has 1 aliphatic heterocycles. The molecule has 2 rings (SSSR count). The Kier molecular flexibility index (Phi) is 8.45. The number of nitrogens with one attached hydrogen (secondary N) is 2. The fourth-order valence-corrected chi connectivity index (χ4v) is 3.51. The third-order valence-electron chi connectivity index (χ3n) is 5.09. The van der Waals surface area contributed by atoms with E-state index in [1.807, 2.05) is 38.1 Å². The molecular formula is C21H32N4O4. The summed E-state index contributed by atoms with van der Waals surface area (Å²) in [7, 11) is 1.27. The quantitative estimate of drug-likeness (QED) is 0.614. The fraction of sp³-hybridized carbons (Fsp3) is 0.571. The van der Waals surface area contributed by atoms with Gasteiger partial charge in [0, 0.05) is 18.2 Å². The number of likely N-dealkylation sites (tertiary alicyclic amines) is 1. The molecule has 29 heavy (non-hydrogen) atoms. The number of amides is 3. The van der Waals surface area contributed by atoms with Gasteiger partial charge in [-0.3, -0.25) is 14.5 Å². The van der Waals surface area contributed by atoms with Gasteiger partial charge in [-0.25, -0.2) is 4.79 Å². The zero-order valence-corrected chi connectivity index (χ0v) is 17.4. The Morgan fingerprint density at radius 3 is 2.52 bits per heavy atom. The van der Waals surface area contributed by atoms with Gasteiger partial charge in [-0.05, 0) is 56.0 Å². The van der Waals surface area contributed by atoms with Crippen LogP contribution in [0.4, 0.5) is 10.5 Å². The third-order valence-corrected chi connectivity index (χ3v) is 5.09. The number of piperidine rings is 1. The van der Waals surface area contributed by atoms with Crippen molar-refractivity contribution in [1.82, 2.24) is 10.2 Å². The third kappa shape index (κ3) is 7.38. The van der Waals surface area contributed by atoms with Crippen molar-refractivity contribution in [3.8, 4) is 0 Å². The van der Waals surface area contributed by atoms with Gasteiger partial charge in [0.1, 0.15) is 6.04 Å². The molecule has 1 aromatic carbocycles. The summed E-state index contributed by atoms with van der Waals surface area (Å²) in [6.07, 6.45) is 1.44. The highest BCUT2D eigenvalue weighted by atomic mass is 16.5. The maximum Gasteiger partial charge on any atom is 0.407 e. The zero-order valence-electron chi connectivity index (χ0n) is 17.4. The van der Waals surface area contributed by atoms with Crippen molar-refractivity contribution in [2.24, 2.45) is 17.6 Å². The van der Waals surface area contributed by atoms with E-state index in [-0.39, 0.29) is 23.7 Å². The molecule has 1 saturated heterocycles. The van der Waals surface area contributed by atoms with Crippen LogP contribution in [-0.4, -0.2) is 49.0 Å². The summed E-state index contributed by atoms with van der Waals surface area (Å²) in [6, 6.07) is 6.99. The summed E-state index contributed by atoms with van der Waals surface area (Å²) in [5.41, 5.74) is 7.14. The van der Waals surface area contributed by atoms with Crippen molar-refractivity contribution in [3.05, 3.63) is 29.8 Å². The van der Waals surface area contributed by atoms with Crippen molar-refractivity contribution in [2.45, 2.75) is 45.7 Å². The first-order valence-corrected chi connectivity index (χ1v) is 10.0. The minimum absolute atomic E-state index is 0.0305. The van der Waals surface area contributed by atoms with Gasteiger partial charge in [0.2, 0.25) is 11.8 Å². The smallest absolute Gasteiger partial charge is 0.407 e. The minimum atomic E-state index is -0.668.